The highest BCUT2D eigenvalue weighted by Gasteiger charge is 2.30. The molecule has 0 aliphatic rings. The van der Waals surface area contributed by atoms with Crippen LogP contribution in [0.3, 0.4) is 0 Å². The smallest absolute Gasteiger partial charge is 0.315 e. The number of anilines is 1. The normalized spacial score (nSPS) is 10.7. The Bertz CT molecular complexity index is 810. The molecule has 23 heavy (non-hydrogen) atoms. The van der Waals surface area contributed by atoms with Gasteiger partial charge in [0.05, 0.1) is 9.40 Å². The molecule has 0 aliphatic carbocycles. The van der Waals surface area contributed by atoms with Gasteiger partial charge in [-0.05, 0) is 15.9 Å². The van der Waals surface area contributed by atoms with E-state index in [0.29, 0.717) is 0 Å². The van der Waals surface area contributed by atoms with E-state index in [9.17, 15) is 32.5 Å². The van der Waals surface area contributed by atoms with Crippen LogP contribution in [0, 0.1) is 33.4 Å². The third kappa shape index (κ3) is 2.76. The molecule has 1 aromatic carbocycles. The number of carbonyl (C=O) groups is 1. The fourth-order valence-corrected chi connectivity index (χ4v) is 2.06. The first-order chi connectivity index (χ1) is 10.7. The van der Waals surface area contributed by atoms with Gasteiger partial charge in [0, 0.05) is 7.05 Å². The van der Waals surface area contributed by atoms with Crippen LogP contribution in [0.2, 0.25) is 0 Å². The van der Waals surface area contributed by atoms with Crippen molar-refractivity contribution in [1.82, 2.24) is 9.78 Å². The number of benzene rings is 1. The Morgan fingerprint density at radius 3 is 2.26 bits per heavy atom. The molecule has 2 rings (SSSR count). The molecule has 1 aromatic heterocycles. The van der Waals surface area contributed by atoms with Crippen molar-refractivity contribution in [3.63, 3.8) is 0 Å². The molecule has 2 aromatic rings. The minimum absolute atomic E-state index is 0.655. The van der Waals surface area contributed by atoms with Crippen molar-refractivity contribution < 1.29 is 27.3 Å². The zero-order valence-electron chi connectivity index (χ0n) is 11.0. The predicted octanol–water partition coefficient (Wildman–Crippen LogP) is 2.90. The molecule has 1 amide bonds. The van der Waals surface area contributed by atoms with Gasteiger partial charge >= 0.3 is 5.69 Å². The topological polar surface area (TPSA) is 90.1 Å². The van der Waals surface area contributed by atoms with Gasteiger partial charge < -0.3 is 5.32 Å². The quantitative estimate of drug-likeness (QED) is 0.284. The maximum Gasteiger partial charge on any atom is 0.320 e. The van der Waals surface area contributed by atoms with Gasteiger partial charge in [0.25, 0.3) is 5.91 Å². The van der Waals surface area contributed by atoms with Crippen molar-refractivity contribution in [2.45, 2.75) is 0 Å². The summed E-state index contributed by atoms with van der Waals surface area (Å²) in [6, 6.07) is 0. The second-order valence-electron chi connectivity index (χ2n) is 4.16. The number of aryl methyl sites for hydroxylation is 1. The number of nitro groups is 1. The Morgan fingerprint density at radius 1 is 1.26 bits per heavy atom. The first-order valence-electron chi connectivity index (χ1n) is 5.66. The summed E-state index contributed by atoms with van der Waals surface area (Å²) in [6.45, 7) is 0. The predicted molar refractivity (Wildman–Crippen MR) is 71.8 cm³/mol. The van der Waals surface area contributed by atoms with Gasteiger partial charge in [0.2, 0.25) is 5.69 Å². The zero-order chi connectivity index (χ0) is 17.5. The van der Waals surface area contributed by atoms with Crippen LogP contribution in [0.1, 0.15) is 10.5 Å². The van der Waals surface area contributed by atoms with Crippen LogP contribution in [-0.4, -0.2) is 20.6 Å². The molecule has 1 heterocycles. The molecule has 0 fully saturated rings. The summed E-state index contributed by atoms with van der Waals surface area (Å²) in [7, 11) is 1.16. The molecule has 12 heteroatoms. The number of hydrogen-bond acceptors (Lipinski definition) is 4. The highest BCUT2D eigenvalue weighted by Crippen LogP contribution is 2.32. The maximum absolute atomic E-state index is 13.7. The summed E-state index contributed by atoms with van der Waals surface area (Å²) >= 11 is 2.32. The van der Waals surface area contributed by atoms with Crippen LogP contribution in [0.5, 0.6) is 0 Å². The van der Waals surface area contributed by atoms with Crippen LogP contribution in [0.25, 0.3) is 0 Å². The summed E-state index contributed by atoms with van der Waals surface area (Å²) in [6.07, 6.45) is 0.740. The van der Waals surface area contributed by atoms with Crippen LogP contribution in [0.4, 0.5) is 28.9 Å². The Hall–Kier alpha value is -2.50. The molecule has 0 spiro atoms. The Balaban J connectivity index is 2.51. The Kier molecular flexibility index (Phi) is 4.36. The summed E-state index contributed by atoms with van der Waals surface area (Å²) in [5.41, 5.74) is -2.81. The number of hydrogen-bond donors (Lipinski definition) is 1. The summed E-state index contributed by atoms with van der Waals surface area (Å²) in [4.78, 5) is 21.8. The van der Waals surface area contributed by atoms with Gasteiger partial charge in [0.1, 0.15) is 11.9 Å². The second kappa shape index (κ2) is 5.95. The van der Waals surface area contributed by atoms with E-state index in [2.05, 4.69) is 21.0 Å². The summed E-state index contributed by atoms with van der Waals surface area (Å²) < 4.78 is 53.9. The minimum atomic E-state index is -1.87. The van der Waals surface area contributed by atoms with Gasteiger partial charge in [-0.1, -0.05) is 0 Å². The number of nitrogens with zero attached hydrogens (tertiary/aromatic N) is 3. The number of rotatable bonds is 3. The standard InChI is InChI=1S/C11H5BrF4N4O3/c1-19-10(3(2-17-19)20(22)23)11(21)18-9-7(15)5(13)4(12)6(14)8(9)16/h2H,1H3,(H,18,21). The molecule has 0 atom stereocenters. The van der Waals surface area contributed by atoms with Gasteiger partial charge in [-0.25, -0.2) is 17.6 Å². The van der Waals surface area contributed by atoms with E-state index in [-0.39, 0.29) is 0 Å². The van der Waals surface area contributed by atoms with Gasteiger partial charge in [-0.3, -0.25) is 19.6 Å². The van der Waals surface area contributed by atoms with Crippen molar-refractivity contribution in [2.24, 2.45) is 7.05 Å². The molecular formula is C11H5BrF4N4O3. The van der Waals surface area contributed by atoms with E-state index >= 15 is 0 Å². The first-order valence-corrected chi connectivity index (χ1v) is 6.45. The fraction of sp³-hybridized carbons (Fsp3) is 0.0909. The first kappa shape index (κ1) is 16.9. The fourth-order valence-electron chi connectivity index (χ4n) is 1.71. The summed E-state index contributed by atoms with van der Waals surface area (Å²) in [5.74, 6) is -8.63. The van der Waals surface area contributed by atoms with E-state index < -0.39 is 55.6 Å². The molecule has 0 bridgehead atoms. The van der Waals surface area contributed by atoms with Gasteiger partial charge in [0.15, 0.2) is 23.3 Å². The van der Waals surface area contributed by atoms with Crippen molar-refractivity contribution in [1.29, 1.82) is 0 Å². The number of halogens is 5. The molecule has 0 unspecified atom stereocenters. The molecule has 1 N–H and O–H groups in total. The monoisotopic (exact) mass is 396 g/mol. The number of nitrogens with one attached hydrogen (secondary N) is 1. The van der Waals surface area contributed by atoms with E-state index in [1.807, 2.05) is 0 Å². The third-order valence-electron chi connectivity index (χ3n) is 2.78. The Morgan fingerprint density at radius 2 is 1.78 bits per heavy atom. The average molecular weight is 397 g/mol. The number of carbonyl (C=O) groups excluding carboxylic acids is 1. The lowest BCUT2D eigenvalue weighted by molar-refractivity contribution is -0.385. The van der Waals surface area contributed by atoms with Crippen LogP contribution in [-0.2, 0) is 7.05 Å². The second-order valence-corrected chi connectivity index (χ2v) is 4.95. The molecule has 0 radical (unpaired) electrons. The van der Waals surface area contributed by atoms with Crippen molar-refractivity contribution in [3.05, 3.63) is 49.7 Å². The lowest BCUT2D eigenvalue weighted by atomic mass is 10.2. The lowest BCUT2D eigenvalue weighted by Crippen LogP contribution is -2.20. The average Bonchev–Trinajstić information content (AvgIpc) is 2.89. The molecule has 0 saturated heterocycles. The zero-order valence-corrected chi connectivity index (χ0v) is 12.6. The van der Waals surface area contributed by atoms with E-state index in [1.54, 1.807) is 5.32 Å². The highest BCUT2D eigenvalue weighted by atomic mass is 79.9. The SMILES string of the molecule is Cn1ncc([N+](=O)[O-])c1C(=O)Nc1c(F)c(F)c(Br)c(F)c1F. The van der Waals surface area contributed by atoms with Crippen molar-refractivity contribution in [3.8, 4) is 0 Å². The lowest BCUT2D eigenvalue weighted by Gasteiger charge is -2.10. The third-order valence-corrected chi connectivity index (χ3v) is 3.48. The molecule has 0 saturated carbocycles. The van der Waals surface area contributed by atoms with E-state index in [1.165, 1.54) is 0 Å². The molecule has 7 nitrogen and oxygen atoms in total. The minimum Gasteiger partial charge on any atom is -0.315 e. The maximum atomic E-state index is 13.7. The van der Waals surface area contributed by atoms with Gasteiger partial charge in [-0.2, -0.15) is 5.10 Å². The van der Waals surface area contributed by atoms with Crippen molar-refractivity contribution in [2.75, 3.05) is 5.32 Å². The van der Waals surface area contributed by atoms with Crippen LogP contribution in [0.15, 0.2) is 10.7 Å². The molecular weight excluding hydrogens is 392 g/mol. The highest BCUT2D eigenvalue weighted by molar-refractivity contribution is 9.10. The molecule has 0 aliphatic heterocycles. The van der Waals surface area contributed by atoms with Crippen LogP contribution >= 0.6 is 15.9 Å². The van der Waals surface area contributed by atoms with Crippen LogP contribution < -0.4 is 5.32 Å². The summed E-state index contributed by atoms with van der Waals surface area (Å²) in [5, 5.41) is 15.8. The molecule has 122 valence electrons. The Labute approximate surface area is 133 Å². The van der Waals surface area contributed by atoms with Crippen molar-refractivity contribution >= 4 is 33.2 Å². The van der Waals surface area contributed by atoms with E-state index in [0.717, 1.165) is 17.9 Å². The van der Waals surface area contributed by atoms with Gasteiger partial charge in [-0.15, -0.1) is 0 Å². The number of amides is 1. The largest absolute Gasteiger partial charge is 0.320 e. The number of aromatic nitrogens is 2. The van der Waals surface area contributed by atoms with E-state index in [4.69, 9.17) is 0 Å².